The monoisotopic (exact) mass is 312 g/mol. The van der Waals surface area contributed by atoms with Gasteiger partial charge in [0.2, 0.25) is 0 Å². The fourth-order valence-corrected chi connectivity index (χ4v) is 4.15. The molecule has 0 radical (unpaired) electrons. The Kier molecular flexibility index (Phi) is 4.84. The average Bonchev–Trinajstić information content (AvgIpc) is 2.77. The molecule has 1 aliphatic heterocycles. The number of sulfone groups is 1. The number of anilines is 1. The second-order valence-corrected chi connectivity index (χ2v) is 7.63. The van der Waals surface area contributed by atoms with E-state index in [0.29, 0.717) is 18.7 Å². The van der Waals surface area contributed by atoms with Crippen molar-refractivity contribution < 1.29 is 18.3 Å². The first-order valence-corrected chi connectivity index (χ1v) is 8.71. The molecule has 1 aromatic rings. The van der Waals surface area contributed by atoms with Crippen LogP contribution in [0.1, 0.15) is 25.0 Å². The zero-order valence-corrected chi connectivity index (χ0v) is 12.7. The molecule has 0 aromatic heterocycles. The summed E-state index contributed by atoms with van der Waals surface area (Å²) in [5.41, 5.74) is 1.40. The summed E-state index contributed by atoms with van der Waals surface area (Å²) in [4.78, 5) is 11.7. The van der Waals surface area contributed by atoms with E-state index in [2.05, 4.69) is 10.6 Å². The first-order valence-electron chi connectivity index (χ1n) is 6.89. The zero-order valence-electron chi connectivity index (χ0n) is 11.9. The minimum atomic E-state index is -2.91. The number of aliphatic hydroxyl groups is 1. The molecule has 1 saturated heterocycles. The number of rotatable bonds is 4. The lowest BCUT2D eigenvalue weighted by Gasteiger charge is -2.11. The van der Waals surface area contributed by atoms with Crippen LogP contribution in [-0.2, 0) is 9.84 Å². The van der Waals surface area contributed by atoms with Gasteiger partial charge in [0.1, 0.15) is 0 Å². The highest BCUT2D eigenvalue weighted by Crippen LogP contribution is 2.18. The van der Waals surface area contributed by atoms with Crippen molar-refractivity contribution >= 4 is 21.6 Å². The quantitative estimate of drug-likeness (QED) is 0.781. The first-order chi connectivity index (χ1) is 9.85. The van der Waals surface area contributed by atoms with Gasteiger partial charge in [0, 0.05) is 12.2 Å². The summed E-state index contributed by atoms with van der Waals surface area (Å²) in [7, 11) is -2.91. The number of aliphatic hydroxyl groups excluding tert-OH is 1. The van der Waals surface area contributed by atoms with Crippen molar-refractivity contribution in [2.24, 2.45) is 5.92 Å². The van der Waals surface area contributed by atoms with Crippen molar-refractivity contribution in [1.29, 1.82) is 0 Å². The van der Waals surface area contributed by atoms with Gasteiger partial charge < -0.3 is 15.7 Å². The van der Waals surface area contributed by atoms with Crippen molar-refractivity contribution in [3.8, 4) is 0 Å². The third kappa shape index (κ3) is 4.71. The summed E-state index contributed by atoms with van der Waals surface area (Å²) in [6.45, 7) is 2.03. The van der Waals surface area contributed by atoms with E-state index < -0.39 is 15.9 Å². The Morgan fingerprint density at radius 1 is 1.38 bits per heavy atom. The number of hydrogen-bond donors (Lipinski definition) is 3. The van der Waals surface area contributed by atoms with E-state index in [-0.39, 0.29) is 23.5 Å². The third-order valence-electron chi connectivity index (χ3n) is 3.53. The van der Waals surface area contributed by atoms with Crippen LogP contribution in [0.3, 0.4) is 0 Å². The van der Waals surface area contributed by atoms with Crippen molar-refractivity contribution in [3.05, 3.63) is 29.8 Å². The van der Waals surface area contributed by atoms with Crippen LogP contribution in [0, 0.1) is 5.92 Å². The maximum absolute atomic E-state index is 11.7. The van der Waals surface area contributed by atoms with Gasteiger partial charge in [-0.2, -0.15) is 0 Å². The van der Waals surface area contributed by atoms with E-state index in [9.17, 15) is 18.3 Å². The first kappa shape index (κ1) is 15.8. The van der Waals surface area contributed by atoms with E-state index in [1.54, 1.807) is 31.2 Å². The number of hydrogen-bond acceptors (Lipinski definition) is 4. The van der Waals surface area contributed by atoms with Gasteiger partial charge in [0.25, 0.3) is 0 Å². The van der Waals surface area contributed by atoms with Crippen LogP contribution < -0.4 is 10.6 Å². The van der Waals surface area contributed by atoms with Gasteiger partial charge in [0.05, 0.1) is 17.6 Å². The minimum absolute atomic E-state index is 0.00151. The van der Waals surface area contributed by atoms with Crippen LogP contribution in [0.15, 0.2) is 24.3 Å². The molecule has 1 heterocycles. The number of amides is 2. The molecular formula is C14H20N2O4S. The molecule has 1 aromatic carbocycles. The number of benzene rings is 1. The molecule has 0 spiro atoms. The summed E-state index contributed by atoms with van der Waals surface area (Å²) in [6, 6.07) is 6.54. The van der Waals surface area contributed by atoms with E-state index in [1.807, 2.05) is 0 Å². The summed E-state index contributed by atoms with van der Waals surface area (Å²) in [5.74, 6) is 0.358. The van der Waals surface area contributed by atoms with E-state index in [4.69, 9.17) is 0 Å². The molecule has 116 valence electrons. The lowest BCUT2D eigenvalue weighted by Crippen LogP contribution is -2.33. The van der Waals surface area contributed by atoms with Crippen LogP contribution in [-0.4, -0.2) is 37.6 Å². The highest BCUT2D eigenvalue weighted by Gasteiger charge is 2.27. The van der Waals surface area contributed by atoms with Gasteiger partial charge in [0.15, 0.2) is 9.84 Å². The molecule has 1 fully saturated rings. The van der Waals surface area contributed by atoms with Crippen molar-refractivity contribution in [3.63, 3.8) is 0 Å². The minimum Gasteiger partial charge on any atom is -0.389 e. The molecule has 0 saturated carbocycles. The summed E-state index contributed by atoms with van der Waals surface area (Å²) in [5, 5.41) is 14.8. The predicted molar refractivity (Wildman–Crippen MR) is 80.9 cm³/mol. The molecule has 0 bridgehead atoms. The number of carbonyl (C=O) groups is 1. The standard InChI is InChI=1S/C14H20N2O4S/c1-10(17)12-2-4-13(5-3-12)16-14(18)15-8-11-6-7-21(19,20)9-11/h2-5,10-11,17H,6-9H2,1H3,(H2,15,16,18). The van der Waals surface area contributed by atoms with Crippen molar-refractivity contribution in [1.82, 2.24) is 5.32 Å². The molecule has 21 heavy (non-hydrogen) atoms. The number of nitrogens with one attached hydrogen (secondary N) is 2. The maximum Gasteiger partial charge on any atom is 0.319 e. The van der Waals surface area contributed by atoms with Gasteiger partial charge in [-0.3, -0.25) is 0 Å². The molecule has 3 N–H and O–H groups in total. The summed E-state index contributed by atoms with van der Waals surface area (Å²) in [6.07, 6.45) is 0.0586. The van der Waals surface area contributed by atoms with Crippen LogP contribution in [0.4, 0.5) is 10.5 Å². The molecule has 2 atom stereocenters. The second-order valence-electron chi connectivity index (χ2n) is 5.40. The number of carbonyl (C=O) groups excluding carboxylic acids is 1. The summed E-state index contributed by atoms with van der Waals surface area (Å²) >= 11 is 0. The topological polar surface area (TPSA) is 95.5 Å². The van der Waals surface area contributed by atoms with Crippen LogP contribution in [0.5, 0.6) is 0 Å². The van der Waals surface area contributed by atoms with E-state index >= 15 is 0 Å². The Labute approximate surface area is 124 Å². The second kappa shape index (κ2) is 6.44. The van der Waals surface area contributed by atoms with Gasteiger partial charge in [-0.15, -0.1) is 0 Å². The number of urea groups is 1. The third-order valence-corrected chi connectivity index (χ3v) is 5.37. The van der Waals surface area contributed by atoms with E-state index in [1.165, 1.54) is 0 Å². The highest BCUT2D eigenvalue weighted by molar-refractivity contribution is 7.91. The Hall–Kier alpha value is -1.60. The SMILES string of the molecule is CC(O)c1ccc(NC(=O)NCC2CCS(=O)(=O)C2)cc1. The van der Waals surface area contributed by atoms with Gasteiger partial charge in [-0.1, -0.05) is 12.1 Å². The van der Waals surface area contributed by atoms with Crippen molar-refractivity contribution in [2.45, 2.75) is 19.4 Å². The van der Waals surface area contributed by atoms with Gasteiger partial charge >= 0.3 is 6.03 Å². The molecule has 2 unspecified atom stereocenters. The Morgan fingerprint density at radius 3 is 2.57 bits per heavy atom. The van der Waals surface area contributed by atoms with Gasteiger partial charge in [-0.25, -0.2) is 13.2 Å². The normalized spacial score (nSPS) is 21.7. The maximum atomic E-state index is 11.7. The molecule has 1 aliphatic rings. The fraction of sp³-hybridized carbons (Fsp3) is 0.500. The summed E-state index contributed by atoms with van der Waals surface area (Å²) < 4.78 is 22.6. The zero-order chi connectivity index (χ0) is 15.5. The lowest BCUT2D eigenvalue weighted by molar-refractivity contribution is 0.199. The average molecular weight is 312 g/mol. The predicted octanol–water partition coefficient (Wildman–Crippen LogP) is 1.30. The molecule has 0 aliphatic carbocycles. The molecular weight excluding hydrogens is 292 g/mol. The van der Waals surface area contributed by atoms with E-state index in [0.717, 1.165) is 5.56 Å². The highest BCUT2D eigenvalue weighted by atomic mass is 32.2. The Morgan fingerprint density at radius 2 is 2.05 bits per heavy atom. The van der Waals surface area contributed by atoms with Crippen molar-refractivity contribution in [2.75, 3.05) is 23.4 Å². The lowest BCUT2D eigenvalue weighted by atomic mass is 10.1. The Bertz CT molecular complexity index is 596. The largest absolute Gasteiger partial charge is 0.389 e. The molecule has 2 amide bonds. The molecule has 7 heteroatoms. The smallest absolute Gasteiger partial charge is 0.319 e. The Balaban J connectivity index is 1.79. The van der Waals surface area contributed by atoms with Crippen LogP contribution in [0.25, 0.3) is 0 Å². The van der Waals surface area contributed by atoms with Crippen LogP contribution >= 0.6 is 0 Å². The van der Waals surface area contributed by atoms with Crippen LogP contribution in [0.2, 0.25) is 0 Å². The fourth-order valence-electron chi connectivity index (χ4n) is 2.29. The molecule has 2 rings (SSSR count). The van der Waals surface area contributed by atoms with Gasteiger partial charge in [-0.05, 0) is 37.0 Å². The molecule has 6 nitrogen and oxygen atoms in total.